The van der Waals surface area contributed by atoms with Gasteiger partial charge in [-0.1, -0.05) is 11.6 Å². The van der Waals surface area contributed by atoms with E-state index in [4.69, 9.17) is 16.7 Å². The van der Waals surface area contributed by atoms with Crippen molar-refractivity contribution in [3.05, 3.63) is 28.5 Å². The highest BCUT2D eigenvalue weighted by Crippen LogP contribution is 2.26. The van der Waals surface area contributed by atoms with E-state index >= 15 is 0 Å². The molecule has 1 rings (SSSR count). The monoisotopic (exact) mass is 204 g/mol. The molecule has 0 atom stereocenters. The second-order valence-corrected chi connectivity index (χ2v) is 2.71. The average Bonchev–Trinajstić information content (AvgIpc) is 2.02. The maximum Gasteiger partial charge on any atom is 0.339 e. The van der Waals surface area contributed by atoms with Crippen LogP contribution in [0, 0.1) is 5.82 Å². The van der Waals surface area contributed by atoms with Gasteiger partial charge in [0.05, 0.1) is 7.11 Å². The fraction of sp³-hybridized carbons (Fsp3) is 0.125. The molecule has 70 valence electrons. The Bertz CT molecular complexity index is 351. The van der Waals surface area contributed by atoms with Crippen molar-refractivity contribution in [2.24, 2.45) is 0 Å². The van der Waals surface area contributed by atoms with E-state index in [-0.39, 0.29) is 16.3 Å². The zero-order valence-electron chi connectivity index (χ0n) is 6.67. The number of hydrogen-bond acceptors (Lipinski definition) is 2. The Hall–Kier alpha value is -1.29. The molecule has 1 N–H and O–H groups in total. The van der Waals surface area contributed by atoms with Gasteiger partial charge in [0.2, 0.25) is 0 Å². The minimum Gasteiger partial charge on any atom is -0.493 e. The van der Waals surface area contributed by atoms with Crippen LogP contribution < -0.4 is 4.74 Å². The Balaban J connectivity index is 3.38. The first-order valence-electron chi connectivity index (χ1n) is 3.32. The number of methoxy groups -OCH3 is 1. The maximum atomic E-state index is 13.0. The Kier molecular flexibility index (Phi) is 2.72. The number of rotatable bonds is 2. The zero-order chi connectivity index (χ0) is 10.0. The molecule has 0 unspecified atom stereocenters. The van der Waals surface area contributed by atoms with E-state index < -0.39 is 11.8 Å². The average molecular weight is 205 g/mol. The number of carboxylic acids is 1. The molecule has 5 heteroatoms. The van der Waals surface area contributed by atoms with E-state index in [0.29, 0.717) is 0 Å². The van der Waals surface area contributed by atoms with E-state index in [0.717, 1.165) is 12.1 Å². The summed E-state index contributed by atoms with van der Waals surface area (Å²) in [4.78, 5) is 10.6. The molecule has 0 fully saturated rings. The highest BCUT2D eigenvalue weighted by molar-refractivity contribution is 6.31. The molecular weight excluding hydrogens is 199 g/mol. The minimum atomic E-state index is -1.28. The number of aromatic carboxylic acids is 1. The van der Waals surface area contributed by atoms with Crippen LogP contribution in [0.1, 0.15) is 10.4 Å². The first kappa shape index (κ1) is 9.80. The van der Waals surface area contributed by atoms with Crippen molar-refractivity contribution in [2.45, 2.75) is 0 Å². The summed E-state index contributed by atoms with van der Waals surface area (Å²) in [5.74, 6) is -2.37. The topological polar surface area (TPSA) is 46.5 Å². The van der Waals surface area contributed by atoms with Crippen molar-refractivity contribution in [3.8, 4) is 5.75 Å². The molecule has 0 amide bonds. The third-order valence-electron chi connectivity index (χ3n) is 1.44. The van der Waals surface area contributed by atoms with Gasteiger partial charge in [0, 0.05) is 5.02 Å². The highest BCUT2D eigenvalue weighted by atomic mass is 35.5. The SMILES string of the molecule is COc1c(F)cc(Cl)cc1C(=O)O. The number of carbonyl (C=O) groups is 1. The lowest BCUT2D eigenvalue weighted by molar-refractivity contribution is 0.0692. The summed E-state index contributed by atoms with van der Waals surface area (Å²) in [7, 11) is 1.19. The fourth-order valence-corrected chi connectivity index (χ4v) is 1.13. The van der Waals surface area contributed by atoms with Gasteiger partial charge in [0.1, 0.15) is 5.56 Å². The summed E-state index contributed by atoms with van der Waals surface area (Å²) >= 11 is 5.46. The third-order valence-corrected chi connectivity index (χ3v) is 1.66. The van der Waals surface area contributed by atoms with Crippen molar-refractivity contribution in [1.29, 1.82) is 0 Å². The van der Waals surface area contributed by atoms with Gasteiger partial charge in [-0.05, 0) is 12.1 Å². The van der Waals surface area contributed by atoms with Gasteiger partial charge in [-0.15, -0.1) is 0 Å². The Morgan fingerprint density at radius 1 is 1.62 bits per heavy atom. The summed E-state index contributed by atoms with van der Waals surface area (Å²) in [6.07, 6.45) is 0. The van der Waals surface area contributed by atoms with Crippen molar-refractivity contribution in [1.82, 2.24) is 0 Å². The van der Waals surface area contributed by atoms with Gasteiger partial charge in [-0.2, -0.15) is 0 Å². The van der Waals surface area contributed by atoms with E-state index in [1.807, 2.05) is 0 Å². The summed E-state index contributed by atoms with van der Waals surface area (Å²) in [6.45, 7) is 0. The lowest BCUT2D eigenvalue weighted by Crippen LogP contribution is -2.02. The first-order valence-corrected chi connectivity index (χ1v) is 3.70. The van der Waals surface area contributed by atoms with Gasteiger partial charge in [0.25, 0.3) is 0 Å². The lowest BCUT2D eigenvalue weighted by atomic mass is 10.2. The second-order valence-electron chi connectivity index (χ2n) is 2.27. The minimum absolute atomic E-state index is 0.0238. The number of halogens is 2. The van der Waals surface area contributed by atoms with E-state index in [2.05, 4.69) is 4.74 Å². The van der Waals surface area contributed by atoms with Crippen LogP contribution in [0.25, 0.3) is 0 Å². The second kappa shape index (κ2) is 3.62. The number of benzene rings is 1. The van der Waals surface area contributed by atoms with Crippen LogP contribution in [-0.4, -0.2) is 18.2 Å². The molecule has 3 nitrogen and oxygen atoms in total. The van der Waals surface area contributed by atoms with Crippen molar-refractivity contribution in [3.63, 3.8) is 0 Å². The predicted molar refractivity (Wildman–Crippen MR) is 44.9 cm³/mol. The molecule has 0 bridgehead atoms. The quantitative estimate of drug-likeness (QED) is 0.803. The largest absolute Gasteiger partial charge is 0.493 e. The first-order chi connectivity index (χ1) is 6.06. The third kappa shape index (κ3) is 1.89. The molecule has 0 saturated heterocycles. The van der Waals surface area contributed by atoms with Gasteiger partial charge in [-0.3, -0.25) is 0 Å². The van der Waals surface area contributed by atoms with Gasteiger partial charge >= 0.3 is 5.97 Å². The molecule has 1 aromatic carbocycles. The molecule has 0 saturated carbocycles. The summed E-state index contributed by atoms with van der Waals surface area (Å²) in [5, 5.41) is 8.66. The van der Waals surface area contributed by atoms with E-state index in [9.17, 15) is 9.18 Å². The highest BCUT2D eigenvalue weighted by Gasteiger charge is 2.16. The Morgan fingerprint density at radius 3 is 2.69 bits per heavy atom. The summed E-state index contributed by atoms with van der Waals surface area (Å²) < 4.78 is 17.6. The lowest BCUT2D eigenvalue weighted by Gasteiger charge is -2.05. The van der Waals surface area contributed by atoms with Crippen LogP contribution >= 0.6 is 11.6 Å². The van der Waals surface area contributed by atoms with Crippen molar-refractivity contribution in [2.75, 3.05) is 7.11 Å². The van der Waals surface area contributed by atoms with Gasteiger partial charge < -0.3 is 9.84 Å². The molecule has 0 aliphatic carbocycles. The fourth-order valence-electron chi connectivity index (χ4n) is 0.927. The van der Waals surface area contributed by atoms with Crippen LogP contribution in [0.3, 0.4) is 0 Å². The molecule has 0 aliphatic heterocycles. The summed E-state index contributed by atoms with van der Waals surface area (Å²) in [6, 6.07) is 2.12. The van der Waals surface area contributed by atoms with Crippen molar-refractivity contribution < 1.29 is 19.0 Å². The van der Waals surface area contributed by atoms with Gasteiger partial charge in [-0.25, -0.2) is 9.18 Å². The molecule has 0 radical (unpaired) electrons. The smallest absolute Gasteiger partial charge is 0.339 e. The Morgan fingerprint density at radius 2 is 2.23 bits per heavy atom. The standard InChI is InChI=1S/C8H6ClFO3/c1-13-7-5(8(11)12)2-4(9)3-6(7)10/h2-3H,1H3,(H,11,12). The Labute approximate surface area is 78.7 Å². The van der Waals surface area contributed by atoms with E-state index in [1.165, 1.54) is 7.11 Å². The van der Waals surface area contributed by atoms with Crippen LogP contribution in [0.2, 0.25) is 5.02 Å². The number of carboxylic acid groups (broad SMARTS) is 1. The molecule has 0 aliphatic rings. The van der Waals surface area contributed by atoms with Crippen LogP contribution in [0.5, 0.6) is 5.75 Å². The predicted octanol–water partition coefficient (Wildman–Crippen LogP) is 2.19. The number of hydrogen-bond donors (Lipinski definition) is 1. The number of ether oxygens (including phenoxy) is 1. The van der Waals surface area contributed by atoms with Crippen molar-refractivity contribution >= 4 is 17.6 Å². The molecule has 13 heavy (non-hydrogen) atoms. The molecule has 1 aromatic rings. The normalized spacial score (nSPS) is 9.77. The van der Waals surface area contributed by atoms with Gasteiger partial charge in [0.15, 0.2) is 11.6 Å². The molecule has 0 spiro atoms. The van der Waals surface area contributed by atoms with Crippen LogP contribution in [0.4, 0.5) is 4.39 Å². The molecule has 0 aromatic heterocycles. The van der Waals surface area contributed by atoms with Crippen LogP contribution in [0.15, 0.2) is 12.1 Å². The summed E-state index contributed by atoms with van der Waals surface area (Å²) in [5.41, 5.74) is -0.285. The maximum absolute atomic E-state index is 13.0. The van der Waals surface area contributed by atoms with Crippen LogP contribution in [-0.2, 0) is 0 Å². The molecular formula is C8H6ClFO3. The molecule has 0 heterocycles. The van der Waals surface area contributed by atoms with E-state index in [1.54, 1.807) is 0 Å². The zero-order valence-corrected chi connectivity index (χ0v) is 7.43.